The lowest BCUT2D eigenvalue weighted by atomic mass is 10.1. The number of hydrogen-bond donors (Lipinski definition) is 1. The monoisotopic (exact) mass is 352 g/mol. The van der Waals surface area contributed by atoms with E-state index in [9.17, 15) is 4.79 Å². The van der Waals surface area contributed by atoms with E-state index in [4.69, 9.17) is 4.74 Å². The number of nitrogens with one attached hydrogen (secondary N) is 1. The average molecular weight is 352 g/mol. The standard InChI is InChI=1S/C22H28N2O2/c1-26-21-10-7-19(8-11-21)17-23-15-13-20-9-12-22(25)24(20)16-14-18-5-3-2-4-6-18/h2-8,10-11,20,23H,9,12-17H2,1H3/t20-/m1/s1. The van der Waals surface area contributed by atoms with Gasteiger partial charge in [0.2, 0.25) is 5.91 Å². The van der Waals surface area contributed by atoms with E-state index in [1.54, 1.807) is 7.11 Å². The lowest BCUT2D eigenvalue weighted by molar-refractivity contribution is -0.129. The lowest BCUT2D eigenvalue weighted by Crippen LogP contribution is -2.36. The van der Waals surface area contributed by atoms with Gasteiger partial charge in [-0.05, 0) is 49.1 Å². The van der Waals surface area contributed by atoms with Gasteiger partial charge in [-0.25, -0.2) is 0 Å². The molecule has 1 aliphatic heterocycles. The average Bonchev–Trinajstić information content (AvgIpc) is 3.04. The lowest BCUT2D eigenvalue weighted by Gasteiger charge is -2.25. The second-order valence-electron chi connectivity index (χ2n) is 6.83. The van der Waals surface area contributed by atoms with Crippen LogP contribution in [0.15, 0.2) is 54.6 Å². The van der Waals surface area contributed by atoms with Crippen molar-refractivity contribution in [2.45, 2.75) is 38.3 Å². The first-order valence-corrected chi connectivity index (χ1v) is 9.43. The molecule has 1 aliphatic rings. The van der Waals surface area contributed by atoms with E-state index < -0.39 is 0 Å². The fraction of sp³-hybridized carbons (Fsp3) is 0.409. The number of benzene rings is 2. The van der Waals surface area contributed by atoms with Crippen molar-refractivity contribution in [3.63, 3.8) is 0 Å². The summed E-state index contributed by atoms with van der Waals surface area (Å²) in [6.07, 6.45) is 3.62. The van der Waals surface area contributed by atoms with Crippen molar-refractivity contribution in [3.05, 3.63) is 65.7 Å². The van der Waals surface area contributed by atoms with Crippen LogP contribution in [0.2, 0.25) is 0 Å². The predicted octanol–water partition coefficient (Wildman–Crippen LogP) is 3.41. The fourth-order valence-corrected chi connectivity index (χ4v) is 3.54. The van der Waals surface area contributed by atoms with Crippen LogP contribution in [0.3, 0.4) is 0 Å². The van der Waals surface area contributed by atoms with Gasteiger partial charge in [0.1, 0.15) is 5.75 Å². The van der Waals surface area contributed by atoms with Crippen LogP contribution in [0.1, 0.15) is 30.4 Å². The first-order chi connectivity index (χ1) is 12.8. The number of carbonyl (C=O) groups excluding carboxylic acids is 1. The molecule has 1 saturated heterocycles. The van der Waals surface area contributed by atoms with Gasteiger partial charge in [0, 0.05) is 25.6 Å². The topological polar surface area (TPSA) is 41.6 Å². The Kier molecular flexibility index (Phi) is 6.67. The van der Waals surface area contributed by atoms with Gasteiger partial charge in [-0.1, -0.05) is 42.5 Å². The van der Waals surface area contributed by atoms with Gasteiger partial charge in [-0.15, -0.1) is 0 Å². The Morgan fingerprint density at radius 2 is 1.85 bits per heavy atom. The molecule has 4 nitrogen and oxygen atoms in total. The van der Waals surface area contributed by atoms with Crippen LogP contribution in [0.4, 0.5) is 0 Å². The Morgan fingerprint density at radius 1 is 1.08 bits per heavy atom. The van der Waals surface area contributed by atoms with Gasteiger partial charge >= 0.3 is 0 Å². The predicted molar refractivity (Wildman–Crippen MR) is 104 cm³/mol. The molecule has 2 aromatic rings. The highest BCUT2D eigenvalue weighted by atomic mass is 16.5. The molecule has 0 radical (unpaired) electrons. The Bertz CT molecular complexity index is 685. The maximum Gasteiger partial charge on any atom is 0.222 e. The van der Waals surface area contributed by atoms with Crippen LogP contribution in [-0.2, 0) is 17.8 Å². The number of ether oxygens (including phenoxy) is 1. The van der Waals surface area contributed by atoms with Crippen molar-refractivity contribution >= 4 is 5.91 Å². The summed E-state index contributed by atoms with van der Waals surface area (Å²) in [7, 11) is 1.68. The summed E-state index contributed by atoms with van der Waals surface area (Å²) in [6.45, 7) is 2.59. The first-order valence-electron chi connectivity index (χ1n) is 9.43. The summed E-state index contributed by atoms with van der Waals surface area (Å²) >= 11 is 0. The van der Waals surface area contributed by atoms with Crippen LogP contribution < -0.4 is 10.1 Å². The molecule has 1 N–H and O–H groups in total. The number of nitrogens with zero attached hydrogens (tertiary/aromatic N) is 1. The molecular formula is C22H28N2O2. The minimum absolute atomic E-state index is 0.307. The number of methoxy groups -OCH3 is 1. The molecule has 1 amide bonds. The molecule has 0 aromatic heterocycles. The third-order valence-electron chi connectivity index (χ3n) is 5.08. The zero-order valence-electron chi connectivity index (χ0n) is 15.5. The highest BCUT2D eigenvalue weighted by Crippen LogP contribution is 2.21. The minimum atomic E-state index is 0.307. The molecule has 1 fully saturated rings. The van der Waals surface area contributed by atoms with Gasteiger partial charge in [0.25, 0.3) is 0 Å². The smallest absolute Gasteiger partial charge is 0.222 e. The first kappa shape index (κ1) is 18.5. The van der Waals surface area contributed by atoms with Gasteiger partial charge in [0.15, 0.2) is 0 Å². The summed E-state index contributed by atoms with van der Waals surface area (Å²) < 4.78 is 5.18. The van der Waals surface area contributed by atoms with E-state index in [1.807, 2.05) is 18.2 Å². The third kappa shape index (κ3) is 5.09. The zero-order valence-corrected chi connectivity index (χ0v) is 15.5. The molecule has 26 heavy (non-hydrogen) atoms. The molecule has 0 unspecified atom stereocenters. The van der Waals surface area contributed by atoms with Crippen molar-refractivity contribution in [3.8, 4) is 5.75 Å². The molecule has 2 aromatic carbocycles. The number of hydrogen-bond acceptors (Lipinski definition) is 3. The highest BCUT2D eigenvalue weighted by Gasteiger charge is 2.29. The molecule has 0 spiro atoms. The highest BCUT2D eigenvalue weighted by molar-refractivity contribution is 5.78. The van der Waals surface area contributed by atoms with E-state index in [0.29, 0.717) is 18.4 Å². The molecule has 4 heteroatoms. The summed E-state index contributed by atoms with van der Waals surface area (Å²) in [4.78, 5) is 14.3. The molecule has 0 saturated carbocycles. The summed E-state index contributed by atoms with van der Waals surface area (Å²) in [5, 5.41) is 3.50. The van der Waals surface area contributed by atoms with Crippen LogP contribution in [0.5, 0.6) is 5.75 Å². The Labute approximate surface area is 156 Å². The van der Waals surface area contributed by atoms with E-state index in [2.05, 4.69) is 46.6 Å². The van der Waals surface area contributed by atoms with Crippen LogP contribution >= 0.6 is 0 Å². The second kappa shape index (κ2) is 9.39. The van der Waals surface area contributed by atoms with Crippen LogP contribution in [0, 0.1) is 0 Å². The van der Waals surface area contributed by atoms with Crippen molar-refractivity contribution in [2.75, 3.05) is 20.2 Å². The van der Waals surface area contributed by atoms with Crippen molar-refractivity contribution in [2.24, 2.45) is 0 Å². The van der Waals surface area contributed by atoms with Gasteiger partial charge in [0.05, 0.1) is 7.11 Å². The van der Waals surface area contributed by atoms with Gasteiger partial charge in [-0.3, -0.25) is 4.79 Å². The normalized spacial score (nSPS) is 16.9. The second-order valence-corrected chi connectivity index (χ2v) is 6.83. The molecule has 3 rings (SSSR count). The van der Waals surface area contributed by atoms with Gasteiger partial charge in [-0.2, -0.15) is 0 Å². The largest absolute Gasteiger partial charge is 0.497 e. The molecule has 138 valence electrons. The number of likely N-dealkylation sites (tertiary alicyclic amines) is 1. The number of amides is 1. The minimum Gasteiger partial charge on any atom is -0.497 e. The van der Waals surface area contributed by atoms with E-state index >= 15 is 0 Å². The quantitative estimate of drug-likeness (QED) is 0.703. The van der Waals surface area contributed by atoms with Crippen molar-refractivity contribution in [1.29, 1.82) is 0 Å². The maximum atomic E-state index is 12.2. The van der Waals surface area contributed by atoms with E-state index in [0.717, 1.165) is 44.6 Å². The SMILES string of the molecule is COc1ccc(CNCC[C@H]2CCC(=O)N2CCc2ccccc2)cc1. The van der Waals surface area contributed by atoms with Crippen molar-refractivity contribution in [1.82, 2.24) is 10.2 Å². The summed E-state index contributed by atoms with van der Waals surface area (Å²) in [5.41, 5.74) is 2.54. The Balaban J connectivity index is 1.41. The maximum absolute atomic E-state index is 12.2. The van der Waals surface area contributed by atoms with E-state index in [1.165, 1.54) is 11.1 Å². The molecule has 0 aliphatic carbocycles. The van der Waals surface area contributed by atoms with E-state index in [-0.39, 0.29) is 0 Å². The fourth-order valence-electron chi connectivity index (χ4n) is 3.54. The summed E-state index contributed by atoms with van der Waals surface area (Å²) in [6, 6.07) is 18.9. The van der Waals surface area contributed by atoms with Crippen LogP contribution in [-0.4, -0.2) is 37.0 Å². The molecule has 1 atom stereocenters. The van der Waals surface area contributed by atoms with Crippen LogP contribution in [0.25, 0.3) is 0 Å². The third-order valence-corrected chi connectivity index (χ3v) is 5.08. The summed E-state index contributed by atoms with van der Waals surface area (Å²) in [5.74, 6) is 1.19. The Hall–Kier alpha value is -2.33. The van der Waals surface area contributed by atoms with Crippen molar-refractivity contribution < 1.29 is 9.53 Å². The number of carbonyl (C=O) groups is 1. The Morgan fingerprint density at radius 3 is 2.58 bits per heavy atom. The number of rotatable bonds is 9. The molecule has 0 bridgehead atoms. The molecule has 1 heterocycles. The van der Waals surface area contributed by atoms with Gasteiger partial charge < -0.3 is 15.0 Å². The molecular weight excluding hydrogens is 324 g/mol. The zero-order chi connectivity index (χ0) is 18.2.